The molecule has 1 amide bonds. The van der Waals surface area contributed by atoms with Gasteiger partial charge in [-0.15, -0.1) is 0 Å². The number of amides is 1. The van der Waals surface area contributed by atoms with E-state index in [1.165, 1.54) is 0 Å². The highest BCUT2D eigenvalue weighted by Crippen LogP contribution is 2.33. The Morgan fingerprint density at radius 3 is 2.55 bits per heavy atom. The van der Waals surface area contributed by atoms with Crippen LogP contribution in [0, 0.1) is 17.5 Å². The summed E-state index contributed by atoms with van der Waals surface area (Å²) in [6.07, 6.45) is 1.80. The van der Waals surface area contributed by atoms with E-state index in [9.17, 15) is 18.0 Å². The molecular weight excluding hydrogens is 377 g/mol. The molecular formula is C23H19F3N2O. The zero-order valence-electron chi connectivity index (χ0n) is 15.8. The van der Waals surface area contributed by atoms with Gasteiger partial charge in [-0.2, -0.15) is 0 Å². The molecule has 0 unspecified atom stereocenters. The van der Waals surface area contributed by atoms with Crippen molar-refractivity contribution in [3.63, 3.8) is 0 Å². The maximum absolute atomic E-state index is 14.4. The number of fused-ring (bicyclic) bond motifs is 3. The monoisotopic (exact) mass is 396 g/mol. The van der Waals surface area contributed by atoms with Gasteiger partial charge in [-0.25, -0.2) is 13.2 Å². The Morgan fingerprint density at radius 1 is 1.03 bits per heavy atom. The van der Waals surface area contributed by atoms with E-state index in [1.807, 2.05) is 18.2 Å². The summed E-state index contributed by atoms with van der Waals surface area (Å²) >= 11 is 0. The Balaban J connectivity index is 2.04. The Hall–Kier alpha value is -3.28. The van der Waals surface area contributed by atoms with Gasteiger partial charge in [0.2, 0.25) is 5.91 Å². The first-order chi connectivity index (χ1) is 13.9. The molecule has 0 saturated heterocycles. The normalized spacial score (nSPS) is 11.4. The van der Waals surface area contributed by atoms with Crippen molar-refractivity contribution in [3.05, 3.63) is 82.7 Å². The van der Waals surface area contributed by atoms with Crippen LogP contribution < -0.4 is 5.73 Å². The minimum atomic E-state index is -1.23. The zero-order valence-corrected chi connectivity index (χ0v) is 15.8. The second kappa shape index (κ2) is 7.28. The lowest BCUT2D eigenvalue weighted by Crippen LogP contribution is -2.11. The van der Waals surface area contributed by atoms with E-state index in [0.717, 1.165) is 35.4 Å². The summed E-state index contributed by atoms with van der Waals surface area (Å²) in [5.41, 5.74) is 8.29. The largest absolute Gasteiger partial charge is 0.366 e. The number of rotatable bonds is 5. The second-order valence-electron chi connectivity index (χ2n) is 7.11. The highest BCUT2D eigenvalue weighted by atomic mass is 19.2. The highest BCUT2D eigenvalue weighted by Gasteiger charge is 2.19. The highest BCUT2D eigenvalue weighted by molar-refractivity contribution is 6.17. The van der Waals surface area contributed by atoms with Gasteiger partial charge in [0.25, 0.3) is 0 Å². The van der Waals surface area contributed by atoms with Gasteiger partial charge in [0.05, 0.1) is 12.1 Å². The van der Waals surface area contributed by atoms with E-state index in [1.54, 1.807) is 22.8 Å². The number of halogens is 3. The minimum absolute atomic E-state index is 0.0850. The van der Waals surface area contributed by atoms with Crippen LogP contribution in [0.1, 0.15) is 34.8 Å². The van der Waals surface area contributed by atoms with Crippen molar-refractivity contribution in [3.8, 4) is 0 Å². The van der Waals surface area contributed by atoms with E-state index in [4.69, 9.17) is 5.73 Å². The summed E-state index contributed by atoms with van der Waals surface area (Å²) in [4.78, 5) is 12.0. The fourth-order valence-electron chi connectivity index (χ4n) is 3.90. The third-order valence-electron chi connectivity index (χ3n) is 5.16. The average molecular weight is 396 g/mol. The number of carbonyl (C=O) groups is 1. The van der Waals surface area contributed by atoms with Gasteiger partial charge in [0.15, 0.2) is 11.6 Å². The summed E-state index contributed by atoms with van der Waals surface area (Å²) in [7, 11) is 0. The van der Waals surface area contributed by atoms with Crippen LogP contribution >= 0.6 is 0 Å². The predicted molar refractivity (Wildman–Crippen MR) is 107 cm³/mol. The maximum Gasteiger partial charge on any atom is 0.249 e. The number of aryl methyl sites for hydroxylation is 1. The lowest BCUT2D eigenvalue weighted by molar-refractivity contribution is 0.100. The fourth-order valence-corrected chi connectivity index (χ4v) is 3.90. The zero-order chi connectivity index (χ0) is 20.7. The second-order valence-corrected chi connectivity index (χ2v) is 7.11. The molecule has 0 aliphatic rings. The lowest BCUT2D eigenvalue weighted by atomic mass is 10.0. The molecule has 0 atom stereocenters. The van der Waals surface area contributed by atoms with E-state index in [0.29, 0.717) is 22.5 Å². The van der Waals surface area contributed by atoms with E-state index < -0.39 is 23.4 Å². The van der Waals surface area contributed by atoms with Gasteiger partial charge in [-0.1, -0.05) is 31.5 Å². The Labute approximate surface area is 165 Å². The smallest absolute Gasteiger partial charge is 0.249 e. The number of benzene rings is 3. The van der Waals surface area contributed by atoms with Crippen molar-refractivity contribution < 1.29 is 18.0 Å². The van der Waals surface area contributed by atoms with Crippen molar-refractivity contribution >= 4 is 27.7 Å². The maximum atomic E-state index is 14.4. The first-order valence-corrected chi connectivity index (χ1v) is 9.37. The van der Waals surface area contributed by atoms with Crippen LogP contribution in [0.5, 0.6) is 0 Å². The summed E-state index contributed by atoms with van der Waals surface area (Å²) in [6, 6.07) is 12.5. The van der Waals surface area contributed by atoms with Crippen LogP contribution in [0.3, 0.4) is 0 Å². The molecule has 0 radical (unpaired) electrons. The van der Waals surface area contributed by atoms with Crippen LogP contribution in [0.25, 0.3) is 21.8 Å². The molecule has 148 valence electrons. The summed E-state index contributed by atoms with van der Waals surface area (Å²) in [5.74, 6) is -3.73. The number of nitrogens with zero attached hydrogens (tertiary/aromatic N) is 1. The van der Waals surface area contributed by atoms with Crippen LogP contribution in [0.2, 0.25) is 0 Å². The molecule has 0 aliphatic carbocycles. The Kier molecular flexibility index (Phi) is 4.78. The number of hydrogen-bond donors (Lipinski definition) is 1. The van der Waals surface area contributed by atoms with Gasteiger partial charge in [0, 0.05) is 33.5 Å². The molecule has 3 aromatic carbocycles. The van der Waals surface area contributed by atoms with E-state index in [2.05, 4.69) is 6.92 Å². The summed E-state index contributed by atoms with van der Waals surface area (Å²) in [6.45, 7) is 1.98. The van der Waals surface area contributed by atoms with Gasteiger partial charge < -0.3 is 10.3 Å². The van der Waals surface area contributed by atoms with Crippen molar-refractivity contribution in [2.45, 2.75) is 26.3 Å². The van der Waals surface area contributed by atoms with Gasteiger partial charge >= 0.3 is 0 Å². The van der Waals surface area contributed by atoms with Gasteiger partial charge in [-0.3, -0.25) is 4.79 Å². The van der Waals surface area contributed by atoms with Crippen molar-refractivity contribution in [1.82, 2.24) is 4.57 Å². The third kappa shape index (κ3) is 3.24. The quantitative estimate of drug-likeness (QED) is 0.457. The Morgan fingerprint density at radius 2 is 1.83 bits per heavy atom. The fraction of sp³-hybridized carbons (Fsp3) is 0.174. The SMILES string of the molecule is CCCc1ccc2c3c(C(N)=O)cccc3n(Cc3cc(F)cc(F)c3F)c2c1. The average Bonchev–Trinajstić information content (AvgIpc) is 2.99. The van der Waals surface area contributed by atoms with Crippen LogP contribution in [0.15, 0.2) is 48.5 Å². The molecule has 0 bridgehead atoms. The molecule has 0 spiro atoms. The topological polar surface area (TPSA) is 48.0 Å². The molecule has 29 heavy (non-hydrogen) atoms. The van der Waals surface area contributed by atoms with Crippen LogP contribution in [0.4, 0.5) is 13.2 Å². The van der Waals surface area contributed by atoms with Crippen molar-refractivity contribution in [2.24, 2.45) is 5.73 Å². The molecule has 0 saturated carbocycles. The standard InChI is InChI=1S/C23H19F3N2O/c1-2-4-13-7-8-16-20(9-13)28(12-14-10-15(24)11-18(25)22(14)26)19-6-3-5-17(21(16)19)23(27)29/h3,5-11H,2,4,12H2,1H3,(H2,27,29). The van der Waals surface area contributed by atoms with E-state index in [-0.39, 0.29) is 12.1 Å². The molecule has 6 heteroatoms. The van der Waals surface area contributed by atoms with Crippen LogP contribution in [-0.4, -0.2) is 10.5 Å². The Bertz CT molecular complexity index is 1260. The number of nitrogens with two attached hydrogens (primary N) is 1. The number of aromatic nitrogens is 1. The third-order valence-corrected chi connectivity index (χ3v) is 5.16. The number of hydrogen-bond acceptors (Lipinski definition) is 1. The predicted octanol–water partition coefficient (Wildman–Crippen LogP) is 5.31. The van der Waals surface area contributed by atoms with Gasteiger partial charge in [-0.05, 0) is 36.2 Å². The molecule has 3 nitrogen and oxygen atoms in total. The first kappa shape index (κ1) is 19.1. The lowest BCUT2D eigenvalue weighted by Gasteiger charge is -2.10. The molecule has 0 aliphatic heterocycles. The number of primary amides is 1. The molecule has 1 aromatic heterocycles. The first-order valence-electron chi connectivity index (χ1n) is 9.37. The van der Waals surface area contributed by atoms with Crippen molar-refractivity contribution in [1.29, 1.82) is 0 Å². The summed E-state index contributed by atoms with van der Waals surface area (Å²) < 4.78 is 43.6. The van der Waals surface area contributed by atoms with Gasteiger partial charge in [0.1, 0.15) is 5.82 Å². The van der Waals surface area contributed by atoms with E-state index >= 15 is 0 Å². The van der Waals surface area contributed by atoms with Crippen LogP contribution in [-0.2, 0) is 13.0 Å². The molecule has 4 rings (SSSR count). The minimum Gasteiger partial charge on any atom is -0.366 e. The summed E-state index contributed by atoms with van der Waals surface area (Å²) in [5, 5.41) is 1.43. The molecule has 2 N–H and O–H groups in total. The van der Waals surface area contributed by atoms with Crippen molar-refractivity contribution in [2.75, 3.05) is 0 Å². The molecule has 4 aromatic rings. The molecule has 0 fully saturated rings. The molecule has 1 heterocycles. The number of carbonyl (C=O) groups excluding carboxylic acids is 1.